The molecule has 0 saturated carbocycles. The molecule has 1 unspecified atom stereocenters. The van der Waals surface area contributed by atoms with Crippen molar-refractivity contribution in [2.75, 3.05) is 13.7 Å². The van der Waals surface area contributed by atoms with Crippen molar-refractivity contribution in [1.29, 1.82) is 0 Å². The van der Waals surface area contributed by atoms with Gasteiger partial charge in [0.25, 0.3) is 0 Å². The summed E-state index contributed by atoms with van der Waals surface area (Å²) in [5, 5.41) is 3.05. The number of hydrogen-bond donors (Lipinski definition) is 1. The fourth-order valence-corrected chi connectivity index (χ4v) is 2.81. The highest BCUT2D eigenvalue weighted by Crippen LogP contribution is 2.26. The third-order valence-electron chi connectivity index (χ3n) is 4.20. The average molecular weight is 377 g/mol. The van der Waals surface area contributed by atoms with E-state index in [4.69, 9.17) is 13.9 Å². The first-order valence-corrected chi connectivity index (χ1v) is 9.08. The van der Waals surface area contributed by atoms with Gasteiger partial charge < -0.3 is 19.2 Å². The van der Waals surface area contributed by atoms with Gasteiger partial charge >= 0.3 is 0 Å². The zero-order valence-corrected chi connectivity index (χ0v) is 15.9. The molecule has 1 atom stereocenters. The molecule has 5 nitrogen and oxygen atoms in total. The van der Waals surface area contributed by atoms with Crippen LogP contribution in [0.25, 0.3) is 6.08 Å². The van der Waals surface area contributed by atoms with E-state index in [0.29, 0.717) is 12.4 Å². The minimum atomic E-state index is -0.310. The average Bonchev–Trinajstić information content (AvgIpc) is 3.25. The van der Waals surface area contributed by atoms with E-state index in [0.717, 1.165) is 22.6 Å². The van der Waals surface area contributed by atoms with Crippen LogP contribution in [0.15, 0.2) is 77.4 Å². The van der Waals surface area contributed by atoms with Crippen LogP contribution in [0.5, 0.6) is 11.5 Å². The molecule has 0 aliphatic carbocycles. The lowest BCUT2D eigenvalue weighted by Crippen LogP contribution is -2.27. The van der Waals surface area contributed by atoms with E-state index in [1.165, 1.54) is 6.08 Å². The lowest BCUT2D eigenvalue weighted by molar-refractivity contribution is -0.116. The van der Waals surface area contributed by atoms with Crippen LogP contribution in [0.3, 0.4) is 0 Å². The molecule has 3 rings (SSSR count). The number of ether oxygens (including phenoxy) is 2. The summed E-state index contributed by atoms with van der Waals surface area (Å²) in [7, 11) is 1.63. The molecule has 0 fully saturated rings. The van der Waals surface area contributed by atoms with Gasteiger partial charge in [0.05, 0.1) is 26.0 Å². The van der Waals surface area contributed by atoms with E-state index in [9.17, 15) is 4.79 Å². The van der Waals surface area contributed by atoms with Crippen molar-refractivity contribution in [2.45, 2.75) is 13.0 Å². The molecule has 28 heavy (non-hydrogen) atoms. The molecule has 5 heteroatoms. The lowest BCUT2D eigenvalue weighted by Gasteiger charge is -2.20. The summed E-state index contributed by atoms with van der Waals surface area (Å²) < 4.78 is 16.0. The Hall–Kier alpha value is -3.47. The second-order valence-electron chi connectivity index (χ2n) is 6.07. The Balaban J connectivity index is 1.83. The van der Waals surface area contributed by atoms with Crippen LogP contribution in [-0.4, -0.2) is 19.6 Å². The molecule has 1 heterocycles. The van der Waals surface area contributed by atoms with Crippen LogP contribution in [0.2, 0.25) is 0 Å². The first-order valence-electron chi connectivity index (χ1n) is 9.08. The number of nitrogens with one attached hydrogen (secondary N) is 1. The summed E-state index contributed by atoms with van der Waals surface area (Å²) >= 11 is 0. The predicted octanol–water partition coefficient (Wildman–Crippen LogP) is 4.61. The third-order valence-corrected chi connectivity index (χ3v) is 4.20. The number of amides is 1. The monoisotopic (exact) mass is 377 g/mol. The van der Waals surface area contributed by atoms with Crippen molar-refractivity contribution >= 4 is 12.0 Å². The number of rotatable bonds is 8. The van der Waals surface area contributed by atoms with Crippen molar-refractivity contribution in [1.82, 2.24) is 5.32 Å². The summed E-state index contributed by atoms with van der Waals surface area (Å²) in [6.45, 7) is 2.55. The summed E-state index contributed by atoms with van der Waals surface area (Å²) in [4.78, 5) is 12.5. The van der Waals surface area contributed by atoms with Crippen LogP contribution >= 0.6 is 0 Å². The van der Waals surface area contributed by atoms with E-state index < -0.39 is 0 Å². The molecule has 0 saturated heterocycles. The van der Waals surface area contributed by atoms with Gasteiger partial charge in [0, 0.05) is 6.08 Å². The van der Waals surface area contributed by atoms with Crippen LogP contribution < -0.4 is 14.8 Å². The minimum Gasteiger partial charge on any atom is -0.497 e. The fourth-order valence-electron chi connectivity index (χ4n) is 2.81. The Morgan fingerprint density at radius 2 is 1.68 bits per heavy atom. The normalized spacial score (nSPS) is 11.9. The molecule has 3 aromatic rings. The van der Waals surface area contributed by atoms with Crippen molar-refractivity contribution in [3.8, 4) is 11.5 Å². The molecule has 2 aromatic carbocycles. The molecule has 0 aliphatic rings. The maximum Gasteiger partial charge on any atom is 0.244 e. The molecule has 0 bridgehead atoms. The number of hydrogen-bond acceptors (Lipinski definition) is 4. The summed E-state index contributed by atoms with van der Waals surface area (Å²) in [5.41, 5.74) is 1.90. The molecular weight excluding hydrogens is 354 g/mol. The Morgan fingerprint density at radius 3 is 2.21 bits per heavy atom. The van der Waals surface area contributed by atoms with Crippen molar-refractivity contribution in [3.05, 3.63) is 89.9 Å². The second kappa shape index (κ2) is 9.46. The Labute approximate surface area is 164 Å². The van der Waals surface area contributed by atoms with E-state index in [2.05, 4.69) is 5.32 Å². The van der Waals surface area contributed by atoms with Gasteiger partial charge in [-0.1, -0.05) is 24.3 Å². The molecule has 0 aliphatic heterocycles. The van der Waals surface area contributed by atoms with Crippen molar-refractivity contribution < 1.29 is 18.7 Å². The highest BCUT2D eigenvalue weighted by Gasteiger charge is 2.16. The largest absolute Gasteiger partial charge is 0.497 e. The standard InChI is InChI=1S/C23H23NO4/c1-3-27-21-12-8-18(9-13-21)23(17-6-10-19(26-2)11-7-17)24-22(25)15-14-20-5-4-16-28-20/h4-16,23H,3H2,1-2H3,(H,24,25)/b15-14-. The third kappa shape index (κ3) is 5.04. The summed E-state index contributed by atoms with van der Waals surface area (Å²) in [6, 6.07) is 18.6. The van der Waals surface area contributed by atoms with Gasteiger partial charge in [0.2, 0.25) is 5.91 Å². The van der Waals surface area contributed by atoms with Crippen molar-refractivity contribution in [3.63, 3.8) is 0 Å². The number of carbonyl (C=O) groups is 1. The number of carbonyl (C=O) groups excluding carboxylic acids is 1. The zero-order chi connectivity index (χ0) is 19.8. The smallest absolute Gasteiger partial charge is 0.244 e. The highest BCUT2D eigenvalue weighted by molar-refractivity contribution is 5.91. The predicted molar refractivity (Wildman–Crippen MR) is 108 cm³/mol. The Bertz CT molecular complexity index is 897. The molecule has 1 N–H and O–H groups in total. The van der Waals surface area contributed by atoms with Crippen LogP contribution in [-0.2, 0) is 4.79 Å². The van der Waals surface area contributed by atoms with Crippen LogP contribution in [0.1, 0.15) is 29.9 Å². The highest BCUT2D eigenvalue weighted by atomic mass is 16.5. The first kappa shape index (κ1) is 19.3. The van der Waals surface area contributed by atoms with Gasteiger partial charge in [0.1, 0.15) is 17.3 Å². The summed E-state index contributed by atoms with van der Waals surface area (Å²) in [6.07, 6.45) is 4.67. The van der Waals surface area contributed by atoms with E-state index in [1.54, 1.807) is 31.6 Å². The van der Waals surface area contributed by atoms with Gasteiger partial charge in [-0.25, -0.2) is 0 Å². The minimum absolute atomic E-state index is 0.217. The maximum atomic E-state index is 12.5. The molecule has 1 aromatic heterocycles. The number of furan rings is 1. The van der Waals surface area contributed by atoms with E-state index in [-0.39, 0.29) is 11.9 Å². The molecule has 1 amide bonds. The van der Waals surface area contributed by atoms with Gasteiger partial charge in [-0.15, -0.1) is 0 Å². The van der Waals surface area contributed by atoms with E-state index in [1.807, 2.05) is 55.5 Å². The topological polar surface area (TPSA) is 60.7 Å². The number of methoxy groups -OCH3 is 1. The van der Waals surface area contributed by atoms with E-state index >= 15 is 0 Å². The Kier molecular flexibility index (Phi) is 6.52. The lowest BCUT2D eigenvalue weighted by atomic mass is 9.98. The quantitative estimate of drug-likeness (QED) is 0.583. The summed E-state index contributed by atoms with van der Waals surface area (Å²) in [5.74, 6) is 1.96. The van der Waals surface area contributed by atoms with Crippen molar-refractivity contribution in [2.24, 2.45) is 0 Å². The van der Waals surface area contributed by atoms with Gasteiger partial charge in [-0.05, 0) is 60.5 Å². The zero-order valence-electron chi connectivity index (χ0n) is 15.9. The molecule has 0 spiro atoms. The first-order chi connectivity index (χ1) is 13.7. The van der Waals surface area contributed by atoms with Crippen LogP contribution in [0, 0.1) is 0 Å². The SMILES string of the molecule is CCOc1ccc(C(NC(=O)/C=C\c2ccco2)c2ccc(OC)cc2)cc1. The van der Waals surface area contributed by atoms with Gasteiger partial charge in [-0.2, -0.15) is 0 Å². The van der Waals surface area contributed by atoms with Gasteiger partial charge in [0.15, 0.2) is 0 Å². The van der Waals surface area contributed by atoms with Crippen LogP contribution in [0.4, 0.5) is 0 Å². The molecule has 0 radical (unpaired) electrons. The number of benzene rings is 2. The molecule has 144 valence electrons. The second-order valence-corrected chi connectivity index (χ2v) is 6.07. The van der Waals surface area contributed by atoms with Gasteiger partial charge in [-0.3, -0.25) is 4.79 Å². The maximum absolute atomic E-state index is 12.5. The fraction of sp³-hybridized carbons (Fsp3) is 0.174. The molecular formula is C23H23NO4. The Morgan fingerprint density at radius 1 is 1.04 bits per heavy atom.